The summed E-state index contributed by atoms with van der Waals surface area (Å²) in [5.74, 6) is -0.993. The molecule has 0 bridgehead atoms. The number of ether oxygens (including phenoxy) is 1. The highest BCUT2D eigenvalue weighted by atomic mass is 16.5. The molecule has 0 fully saturated rings. The lowest BCUT2D eigenvalue weighted by Gasteiger charge is -2.31. The van der Waals surface area contributed by atoms with Crippen molar-refractivity contribution < 1.29 is 19.4 Å². The van der Waals surface area contributed by atoms with Crippen LogP contribution in [-0.2, 0) is 16.0 Å². The van der Waals surface area contributed by atoms with E-state index in [0.717, 1.165) is 5.56 Å². The van der Waals surface area contributed by atoms with Gasteiger partial charge >= 0.3 is 12.0 Å². The molecule has 1 aliphatic heterocycles. The molecule has 2 atom stereocenters. The van der Waals surface area contributed by atoms with Gasteiger partial charge in [-0.2, -0.15) is 0 Å². The van der Waals surface area contributed by atoms with Gasteiger partial charge in [-0.05, 0) is 18.6 Å². The number of carboxylic acids is 1. The molecule has 0 radical (unpaired) electrons. The highest BCUT2D eigenvalue weighted by Gasteiger charge is 2.40. The van der Waals surface area contributed by atoms with E-state index in [1.54, 1.807) is 20.2 Å². The summed E-state index contributed by atoms with van der Waals surface area (Å²) >= 11 is 0. The number of hydrogen-bond donors (Lipinski definition) is 1. The number of methoxy groups -OCH3 is 1. The summed E-state index contributed by atoms with van der Waals surface area (Å²) in [7, 11) is 3.23. The molecule has 1 heterocycles. The lowest BCUT2D eigenvalue weighted by Crippen LogP contribution is -2.51. The molecule has 0 spiro atoms. The van der Waals surface area contributed by atoms with Gasteiger partial charge in [0.25, 0.3) is 0 Å². The minimum atomic E-state index is -0.993. The Labute approximate surface area is 123 Å². The van der Waals surface area contributed by atoms with Crippen molar-refractivity contribution in [2.75, 3.05) is 25.7 Å². The van der Waals surface area contributed by atoms with Crippen LogP contribution in [0.2, 0.25) is 0 Å². The SMILES string of the molecule is COCC(C)N(C)C(=O)N1c2ccccc2CC1C(=O)O. The number of fused-ring (bicyclic) bond motifs is 1. The summed E-state index contributed by atoms with van der Waals surface area (Å²) in [4.78, 5) is 27.0. The average Bonchev–Trinajstić information content (AvgIpc) is 2.85. The topological polar surface area (TPSA) is 70.1 Å². The van der Waals surface area contributed by atoms with Crippen LogP contribution in [0.4, 0.5) is 10.5 Å². The van der Waals surface area contributed by atoms with E-state index in [-0.39, 0.29) is 12.1 Å². The second-order valence-electron chi connectivity index (χ2n) is 5.25. The Morgan fingerprint density at radius 2 is 2.14 bits per heavy atom. The van der Waals surface area contributed by atoms with Gasteiger partial charge < -0.3 is 14.7 Å². The van der Waals surface area contributed by atoms with Gasteiger partial charge in [0.2, 0.25) is 0 Å². The quantitative estimate of drug-likeness (QED) is 0.915. The fourth-order valence-corrected chi connectivity index (χ4v) is 2.53. The number of aliphatic carboxylic acids is 1. The van der Waals surface area contributed by atoms with Gasteiger partial charge in [0, 0.05) is 26.3 Å². The predicted octanol–water partition coefficient (Wildman–Crippen LogP) is 1.59. The fourth-order valence-electron chi connectivity index (χ4n) is 2.53. The first-order valence-corrected chi connectivity index (χ1v) is 6.83. The van der Waals surface area contributed by atoms with Gasteiger partial charge in [0.15, 0.2) is 0 Å². The average molecular weight is 292 g/mol. The van der Waals surface area contributed by atoms with Crippen LogP contribution in [0.25, 0.3) is 0 Å². The molecule has 0 saturated carbocycles. The maximum atomic E-state index is 12.7. The number of benzene rings is 1. The van der Waals surface area contributed by atoms with Crippen molar-refractivity contribution in [1.82, 2.24) is 4.90 Å². The van der Waals surface area contributed by atoms with E-state index < -0.39 is 12.0 Å². The lowest BCUT2D eigenvalue weighted by molar-refractivity contribution is -0.138. The number of carboxylic acid groups (broad SMARTS) is 1. The van der Waals surface area contributed by atoms with Crippen LogP contribution in [0, 0.1) is 0 Å². The third-order valence-electron chi connectivity index (χ3n) is 3.84. The molecule has 1 aliphatic rings. The van der Waals surface area contributed by atoms with Crippen LogP contribution in [0.15, 0.2) is 24.3 Å². The number of likely N-dealkylation sites (N-methyl/N-ethyl adjacent to an activating group) is 1. The molecule has 1 aromatic rings. The number of urea groups is 1. The summed E-state index contributed by atoms with van der Waals surface area (Å²) < 4.78 is 5.05. The first kappa shape index (κ1) is 15.3. The third kappa shape index (κ3) is 2.85. The Kier molecular flexibility index (Phi) is 4.47. The molecule has 21 heavy (non-hydrogen) atoms. The summed E-state index contributed by atoms with van der Waals surface area (Å²) in [6, 6.07) is 5.99. The molecule has 0 aliphatic carbocycles. The van der Waals surface area contributed by atoms with Crippen molar-refractivity contribution in [3.05, 3.63) is 29.8 Å². The molecule has 114 valence electrons. The van der Waals surface area contributed by atoms with Crippen LogP contribution in [0.3, 0.4) is 0 Å². The zero-order valence-electron chi connectivity index (χ0n) is 12.4. The van der Waals surface area contributed by atoms with E-state index in [4.69, 9.17) is 4.74 Å². The molecular weight excluding hydrogens is 272 g/mol. The van der Waals surface area contributed by atoms with E-state index in [2.05, 4.69) is 0 Å². The number of amides is 2. The summed E-state index contributed by atoms with van der Waals surface area (Å²) in [6.07, 6.45) is 0.337. The van der Waals surface area contributed by atoms with Crippen molar-refractivity contribution in [1.29, 1.82) is 0 Å². The Hall–Kier alpha value is -2.08. The highest BCUT2D eigenvalue weighted by molar-refractivity contribution is 6.01. The Bertz CT molecular complexity index is 546. The smallest absolute Gasteiger partial charge is 0.327 e. The van der Waals surface area contributed by atoms with Gasteiger partial charge in [0.1, 0.15) is 6.04 Å². The van der Waals surface area contributed by atoms with Gasteiger partial charge in [-0.15, -0.1) is 0 Å². The predicted molar refractivity (Wildman–Crippen MR) is 78.5 cm³/mol. The number of rotatable bonds is 4. The van der Waals surface area contributed by atoms with Crippen LogP contribution in [0.1, 0.15) is 12.5 Å². The van der Waals surface area contributed by atoms with Gasteiger partial charge in [-0.1, -0.05) is 18.2 Å². The zero-order valence-corrected chi connectivity index (χ0v) is 12.4. The van der Waals surface area contributed by atoms with Crippen molar-refractivity contribution in [2.24, 2.45) is 0 Å². The Balaban J connectivity index is 2.30. The number of carbonyl (C=O) groups excluding carboxylic acids is 1. The molecule has 0 aromatic heterocycles. The summed E-state index contributed by atoms with van der Waals surface area (Å²) in [5, 5.41) is 9.39. The van der Waals surface area contributed by atoms with Crippen LogP contribution >= 0.6 is 0 Å². The molecule has 0 saturated heterocycles. The van der Waals surface area contributed by atoms with Crippen molar-refractivity contribution in [3.8, 4) is 0 Å². The number of anilines is 1. The van der Waals surface area contributed by atoms with E-state index in [9.17, 15) is 14.7 Å². The summed E-state index contributed by atoms with van der Waals surface area (Å²) in [5.41, 5.74) is 1.55. The van der Waals surface area contributed by atoms with Crippen LogP contribution in [0.5, 0.6) is 0 Å². The molecular formula is C15H20N2O4. The number of hydrogen-bond acceptors (Lipinski definition) is 3. The van der Waals surface area contributed by atoms with Crippen molar-refractivity contribution in [2.45, 2.75) is 25.4 Å². The van der Waals surface area contributed by atoms with Crippen LogP contribution < -0.4 is 4.90 Å². The maximum absolute atomic E-state index is 12.7. The molecule has 6 nitrogen and oxygen atoms in total. The monoisotopic (exact) mass is 292 g/mol. The minimum absolute atomic E-state index is 0.135. The Morgan fingerprint density at radius 1 is 1.48 bits per heavy atom. The van der Waals surface area contributed by atoms with Gasteiger partial charge in [-0.25, -0.2) is 9.59 Å². The van der Waals surface area contributed by atoms with Crippen molar-refractivity contribution >= 4 is 17.7 Å². The number of carbonyl (C=O) groups is 2. The summed E-state index contributed by atoms with van der Waals surface area (Å²) in [6.45, 7) is 2.26. The second-order valence-corrected chi connectivity index (χ2v) is 5.25. The lowest BCUT2D eigenvalue weighted by atomic mass is 10.1. The molecule has 2 unspecified atom stereocenters. The van der Waals surface area contributed by atoms with E-state index >= 15 is 0 Å². The normalized spacial score (nSPS) is 18.2. The zero-order chi connectivity index (χ0) is 15.6. The standard InChI is InChI=1S/C15H20N2O4/c1-10(9-21-3)16(2)15(20)17-12-7-5-4-6-11(12)8-13(17)14(18)19/h4-7,10,13H,8-9H2,1-3H3,(H,18,19). The molecule has 1 aromatic carbocycles. The van der Waals surface area contributed by atoms with E-state index in [1.807, 2.05) is 25.1 Å². The minimum Gasteiger partial charge on any atom is -0.480 e. The number of nitrogens with zero attached hydrogens (tertiary/aromatic N) is 2. The maximum Gasteiger partial charge on any atom is 0.327 e. The van der Waals surface area contributed by atoms with Crippen LogP contribution in [-0.4, -0.2) is 54.9 Å². The highest BCUT2D eigenvalue weighted by Crippen LogP contribution is 2.33. The second kappa shape index (κ2) is 6.13. The Morgan fingerprint density at radius 3 is 2.76 bits per heavy atom. The molecule has 6 heteroatoms. The van der Waals surface area contributed by atoms with E-state index in [1.165, 1.54) is 9.80 Å². The largest absolute Gasteiger partial charge is 0.480 e. The third-order valence-corrected chi connectivity index (χ3v) is 3.84. The molecule has 2 amide bonds. The molecule has 2 rings (SSSR count). The first-order chi connectivity index (χ1) is 9.97. The fraction of sp³-hybridized carbons (Fsp3) is 0.467. The first-order valence-electron chi connectivity index (χ1n) is 6.83. The van der Waals surface area contributed by atoms with Crippen molar-refractivity contribution in [3.63, 3.8) is 0 Å². The van der Waals surface area contributed by atoms with E-state index in [0.29, 0.717) is 18.7 Å². The molecule has 1 N–H and O–H groups in total. The van der Waals surface area contributed by atoms with Gasteiger partial charge in [0.05, 0.1) is 12.6 Å². The van der Waals surface area contributed by atoms with Gasteiger partial charge in [-0.3, -0.25) is 4.90 Å². The number of para-hydroxylation sites is 1.